The van der Waals surface area contributed by atoms with Crippen LogP contribution in [0.2, 0.25) is 0 Å². The first-order chi connectivity index (χ1) is 14.9. The summed E-state index contributed by atoms with van der Waals surface area (Å²) in [7, 11) is 0. The Kier molecular flexibility index (Phi) is 6.75. The normalized spacial score (nSPS) is 21.9. The number of aliphatic hydroxyl groups excluding tert-OH is 1. The second-order valence-electron chi connectivity index (χ2n) is 9.06. The fraction of sp³-hybridized carbons (Fsp3) is 0.545. The van der Waals surface area contributed by atoms with Crippen molar-refractivity contribution in [3.05, 3.63) is 27.6 Å². The third-order valence-electron chi connectivity index (χ3n) is 5.40. The van der Waals surface area contributed by atoms with Crippen LogP contribution >= 0.6 is 11.3 Å². The predicted octanol–water partition coefficient (Wildman–Crippen LogP) is 2.04. The summed E-state index contributed by atoms with van der Waals surface area (Å²) in [5.74, 6) is -1.67. The Bertz CT molecular complexity index is 984. The largest absolute Gasteiger partial charge is 0.427 e. The van der Waals surface area contributed by atoms with E-state index in [-0.39, 0.29) is 17.6 Å². The number of rotatable bonds is 7. The number of carbonyl (C=O) groups is 3. The summed E-state index contributed by atoms with van der Waals surface area (Å²) in [5, 5.41) is 11.9. The first kappa shape index (κ1) is 23.9. The van der Waals surface area contributed by atoms with Gasteiger partial charge in [-0.25, -0.2) is 4.79 Å². The smallest absolute Gasteiger partial charge is 0.358 e. The number of amides is 1. The van der Waals surface area contributed by atoms with Crippen molar-refractivity contribution < 1.29 is 29.0 Å². The van der Waals surface area contributed by atoms with Crippen molar-refractivity contribution in [2.24, 2.45) is 22.1 Å². The zero-order valence-corrected chi connectivity index (χ0v) is 19.7. The molecule has 1 fully saturated rings. The molecule has 9 nitrogen and oxygen atoms in total. The van der Waals surface area contributed by atoms with Gasteiger partial charge in [-0.15, -0.1) is 11.3 Å². The zero-order valence-electron chi connectivity index (χ0n) is 18.9. The quantitative estimate of drug-likeness (QED) is 0.208. The highest BCUT2D eigenvalue weighted by Gasteiger charge is 2.57. The Morgan fingerprint density at radius 2 is 2.06 bits per heavy atom. The molecule has 2 aliphatic heterocycles. The minimum Gasteiger partial charge on any atom is -0.427 e. The lowest BCUT2D eigenvalue weighted by atomic mass is 9.82. The zero-order chi connectivity index (χ0) is 23.8. The fourth-order valence-electron chi connectivity index (χ4n) is 3.76. The molecule has 3 heterocycles. The fourth-order valence-corrected chi connectivity index (χ4v) is 4.59. The van der Waals surface area contributed by atoms with E-state index in [1.54, 1.807) is 34.6 Å². The molecule has 3 rings (SSSR count). The molecule has 0 bridgehead atoms. The number of carbonyl (C=O) groups excluding carboxylic acids is 3. The van der Waals surface area contributed by atoms with E-state index in [9.17, 15) is 19.5 Å². The van der Waals surface area contributed by atoms with Crippen LogP contribution in [-0.2, 0) is 30.4 Å². The highest BCUT2D eigenvalue weighted by molar-refractivity contribution is 7.10. The Hall–Kier alpha value is -2.72. The lowest BCUT2D eigenvalue weighted by Crippen LogP contribution is -2.61. The second-order valence-corrected chi connectivity index (χ2v) is 10.1. The standard InChI is InChI=1S/C22H29N3O6S/c1-11(26)17-16-7-15(13-6-14(32-9-13)8-24-12(2)23)18(25(16)19(17)27)20(28)30-10-31-21(29)22(3,4)5/h6,9,11,16-17,26H,7-8,10H2,1-5H3,(H2,23,24)/t11-,16-,17-/m1/s1. The van der Waals surface area contributed by atoms with Gasteiger partial charge in [0.25, 0.3) is 0 Å². The number of aliphatic imine (C=N–C) groups is 1. The highest BCUT2D eigenvalue weighted by atomic mass is 32.1. The summed E-state index contributed by atoms with van der Waals surface area (Å²) >= 11 is 1.48. The molecular formula is C22H29N3O6S. The third-order valence-corrected chi connectivity index (χ3v) is 6.32. The lowest BCUT2D eigenvalue weighted by Gasteiger charge is -2.44. The predicted molar refractivity (Wildman–Crippen MR) is 119 cm³/mol. The maximum Gasteiger partial charge on any atom is 0.358 e. The molecule has 174 valence electrons. The van der Waals surface area contributed by atoms with Crippen LogP contribution in [0.3, 0.4) is 0 Å². The van der Waals surface area contributed by atoms with E-state index in [4.69, 9.17) is 15.2 Å². The van der Waals surface area contributed by atoms with E-state index < -0.39 is 36.2 Å². The van der Waals surface area contributed by atoms with Gasteiger partial charge in [-0.2, -0.15) is 0 Å². The molecule has 0 spiro atoms. The van der Waals surface area contributed by atoms with Gasteiger partial charge in [-0.3, -0.25) is 14.6 Å². The van der Waals surface area contributed by atoms with Crippen LogP contribution in [0.5, 0.6) is 0 Å². The number of fused-ring (bicyclic) bond motifs is 1. The van der Waals surface area contributed by atoms with Gasteiger partial charge in [0.15, 0.2) is 0 Å². The third kappa shape index (κ3) is 4.71. The van der Waals surface area contributed by atoms with E-state index in [1.165, 1.54) is 16.2 Å². The van der Waals surface area contributed by atoms with Gasteiger partial charge in [0.1, 0.15) is 5.70 Å². The summed E-state index contributed by atoms with van der Waals surface area (Å²) in [4.78, 5) is 44.1. The lowest BCUT2D eigenvalue weighted by molar-refractivity contribution is -0.175. The van der Waals surface area contributed by atoms with E-state index in [2.05, 4.69) is 4.99 Å². The minimum atomic E-state index is -0.826. The van der Waals surface area contributed by atoms with Gasteiger partial charge in [-0.05, 0) is 63.6 Å². The van der Waals surface area contributed by atoms with Crippen molar-refractivity contribution in [2.45, 2.75) is 59.7 Å². The SMILES string of the molecule is CC(N)=NCc1cc(C2=C(C(=O)OCOC(=O)C(C)(C)C)N3C(=O)[C@H]([C@@H](C)O)[C@H]3C2)cs1. The molecule has 32 heavy (non-hydrogen) atoms. The molecule has 1 saturated heterocycles. The van der Waals surface area contributed by atoms with Gasteiger partial charge in [0.2, 0.25) is 12.7 Å². The summed E-state index contributed by atoms with van der Waals surface area (Å²) in [6.07, 6.45) is -0.406. The molecule has 3 N–H and O–H groups in total. The van der Waals surface area contributed by atoms with Crippen LogP contribution in [0.1, 0.15) is 51.5 Å². The average molecular weight is 464 g/mol. The number of nitrogens with two attached hydrogens (primary N) is 1. The molecule has 0 saturated carbocycles. The average Bonchev–Trinajstić information content (AvgIpc) is 3.27. The van der Waals surface area contributed by atoms with E-state index >= 15 is 0 Å². The summed E-state index contributed by atoms with van der Waals surface area (Å²) in [5.41, 5.74) is 6.46. The molecule has 1 aromatic rings. The molecule has 10 heteroatoms. The molecule has 2 aliphatic rings. The van der Waals surface area contributed by atoms with Crippen LogP contribution < -0.4 is 5.73 Å². The van der Waals surface area contributed by atoms with Crippen molar-refractivity contribution in [3.8, 4) is 0 Å². The maximum absolute atomic E-state index is 12.9. The topological polar surface area (TPSA) is 132 Å². The number of amidine groups is 1. The Balaban J connectivity index is 1.84. The number of hydrogen-bond acceptors (Lipinski definition) is 8. The van der Waals surface area contributed by atoms with E-state index in [0.717, 1.165) is 10.4 Å². The minimum absolute atomic E-state index is 0.131. The summed E-state index contributed by atoms with van der Waals surface area (Å²) in [6, 6.07) is 1.59. The van der Waals surface area contributed by atoms with Crippen molar-refractivity contribution in [1.29, 1.82) is 0 Å². The molecule has 0 unspecified atom stereocenters. The van der Waals surface area contributed by atoms with Crippen molar-refractivity contribution in [3.63, 3.8) is 0 Å². The first-order valence-electron chi connectivity index (χ1n) is 10.3. The maximum atomic E-state index is 12.9. The Morgan fingerprint density at radius 3 is 2.66 bits per heavy atom. The summed E-state index contributed by atoms with van der Waals surface area (Å²) < 4.78 is 10.2. The van der Waals surface area contributed by atoms with Crippen LogP contribution in [0, 0.1) is 11.3 Å². The molecule has 0 radical (unpaired) electrons. The molecular weight excluding hydrogens is 434 g/mol. The van der Waals surface area contributed by atoms with Crippen LogP contribution in [0.25, 0.3) is 5.57 Å². The monoisotopic (exact) mass is 463 g/mol. The number of nitrogens with zero attached hydrogens (tertiary/aromatic N) is 2. The van der Waals surface area contributed by atoms with Crippen molar-refractivity contribution in [1.82, 2.24) is 4.90 Å². The van der Waals surface area contributed by atoms with Crippen LogP contribution in [0.4, 0.5) is 0 Å². The molecule has 3 atom stereocenters. The second kappa shape index (κ2) is 9.03. The number of β-lactam (4-membered cyclic amide) rings is 1. The van der Waals surface area contributed by atoms with E-state index in [0.29, 0.717) is 24.4 Å². The highest BCUT2D eigenvalue weighted by Crippen LogP contribution is 2.47. The summed E-state index contributed by atoms with van der Waals surface area (Å²) in [6.45, 7) is 8.23. The van der Waals surface area contributed by atoms with Crippen molar-refractivity contribution >= 4 is 40.6 Å². The van der Waals surface area contributed by atoms with Gasteiger partial charge < -0.3 is 25.2 Å². The Morgan fingerprint density at radius 1 is 1.38 bits per heavy atom. The van der Waals surface area contributed by atoms with Gasteiger partial charge >= 0.3 is 11.9 Å². The van der Waals surface area contributed by atoms with Gasteiger partial charge in [-0.1, -0.05) is 0 Å². The Labute approximate surface area is 190 Å². The van der Waals surface area contributed by atoms with Gasteiger partial charge in [0.05, 0.1) is 35.9 Å². The van der Waals surface area contributed by atoms with E-state index in [1.807, 2.05) is 11.4 Å². The molecule has 0 aromatic carbocycles. The van der Waals surface area contributed by atoms with Crippen LogP contribution in [-0.4, -0.2) is 52.6 Å². The molecule has 1 aromatic heterocycles. The molecule has 1 amide bonds. The number of thiophene rings is 1. The number of esters is 2. The molecule has 0 aliphatic carbocycles. The van der Waals surface area contributed by atoms with Gasteiger partial charge in [0, 0.05) is 4.88 Å². The first-order valence-corrected chi connectivity index (χ1v) is 11.2. The number of aliphatic hydroxyl groups is 1. The van der Waals surface area contributed by atoms with Crippen LogP contribution in [0.15, 0.2) is 22.1 Å². The number of ether oxygens (including phenoxy) is 2. The van der Waals surface area contributed by atoms with Crippen molar-refractivity contribution in [2.75, 3.05) is 6.79 Å². The number of hydrogen-bond donors (Lipinski definition) is 2.